The molecule has 23 heavy (non-hydrogen) atoms. The molecule has 1 aliphatic rings. The molecule has 2 aromatic rings. The smallest absolute Gasteiger partial charge is 0.213 e. The van der Waals surface area contributed by atoms with Crippen LogP contribution in [0.4, 0.5) is 14.5 Å². The van der Waals surface area contributed by atoms with Crippen molar-refractivity contribution in [1.82, 2.24) is 10.3 Å². The number of aromatic nitrogens is 1. The molecule has 122 valence electrons. The Kier molecular flexibility index (Phi) is 4.43. The Balaban J connectivity index is 1.75. The summed E-state index contributed by atoms with van der Waals surface area (Å²) < 4.78 is 32.5. The average Bonchev–Trinajstić information content (AvgIpc) is 3.02. The fourth-order valence-corrected chi connectivity index (χ4v) is 3.04. The van der Waals surface area contributed by atoms with Gasteiger partial charge in [0.25, 0.3) is 0 Å². The van der Waals surface area contributed by atoms with Crippen molar-refractivity contribution in [2.75, 3.05) is 18.8 Å². The summed E-state index contributed by atoms with van der Waals surface area (Å²) in [5, 5.41) is 3.29. The summed E-state index contributed by atoms with van der Waals surface area (Å²) in [6, 6.07) is 7.54. The first-order chi connectivity index (χ1) is 11.0. The maximum absolute atomic E-state index is 13.5. The van der Waals surface area contributed by atoms with E-state index in [9.17, 15) is 8.78 Å². The Morgan fingerprint density at radius 2 is 2.04 bits per heavy atom. The molecule has 0 saturated carbocycles. The summed E-state index contributed by atoms with van der Waals surface area (Å²) in [6.07, 6.45) is 1.42. The zero-order valence-corrected chi connectivity index (χ0v) is 12.8. The van der Waals surface area contributed by atoms with Gasteiger partial charge in [0.15, 0.2) is 11.6 Å². The van der Waals surface area contributed by atoms with Gasteiger partial charge in [0.2, 0.25) is 5.88 Å². The monoisotopic (exact) mass is 319 g/mol. The third kappa shape index (κ3) is 3.42. The van der Waals surface area contributed by atoms with Gasteiger partial charge in [-0.3, -0.25) is 0 Å². The quantitative estimate of drug-likeness (QED) is 0.910. The second-order valence-electron chi connectivity index (χ2n) is 5.85. The zero-order chi connectivity index (χ0) is 16.4. The van der Waals surface area contributed by atoms with Crippen LogP contribution in [0.15, 0.2) is 36.5 Å². The van der Waals surface area contributed by atoms with Crippen LogP contribution in [0.1, 0.15) is 18.4 Å². The number of halogens is 2. The molecular formula is C17H19F2N3O. The van der Waals surface area contributed by atoms with Gasteiger partial charge in [0.1, 0.15) is 6.10 Å². The van der Waals surface area contributed by atoms with Crippen LogP contribution in [-0.4, -0.2) is 24.2 Å². The molecular weight excluding hydrogens is 300 g/mol. The number of rotatable bonds is 4. The first kappa shape index (κ1) is 15.7. The number of benzene rings is 1. The second-order valence-corrected chi connectivity index (χ2v) is 5.85. The normalized spacial score (nSPS) is 22.0. The number of nitrogens with two attached hydrogens (primary N) is 1. The molecule has 0 spiro atoms. The van der Waals surface area contributed by atoms with Crippen molar-refractivity contribution in [3.8, 4) is 5.88 Å². The molecule has 3 rings (SSSR count). The van der Waals surface area contributed by atoms with Crippen molar-refractivity contribution in [1.29, 1.82) is 0 Å². The van der Waals surface area contributed by atoms with Gasteiger partial charge in [0, 0.05) is 31.0 Å². The van der Waals surface area contributed by atoms with Crippen LogP contribution in [0.3, 0.4) is 0 Å². The molecule has 1 aromatic carbocycles. The van der Waals surface area contributed by atoms with E-state index < -0.39 is 11.6 Å². The number of nitrogens with zero attached hydrogens (tertiary/aromatic N) is 1. The van der Waals surface area contributed by atoms with Gasteiger partial charge in [-0.25, -0.2) is 13.8 Å². The van der Waals surface area contributed by atoms with Crippen molar-refractivity contribution in [2.24, 2.45) is 5.92 Å². The fourth-order valence-electron chi connectivity index (χ4n) is 3.04. The molecule has 2 heterocycles. The third-order valence-electron chi connectivity index (χ3n) is 4.30. The number of nitrogen functional groups attached to an aromatic ring is 1. The molecule has 0 aliphatic carbocycles. The van der Waals surface area contributed by atoms with E-state index in [1.807, 2.05) is 6.92 Å². The lowest BCUT2D eigenvalue weighted by molar-refractivity contribution is 0.145. The molecule has 4 nitrogen and oxygen atoms in total. The van der Waals surface area contributed by atoms with E-state index in [0.717, 1.165) is 12.1 Å². The minimum atomic E-state index is -0.827. The van der Waals surface area contributed by atoms with Gasteiger partial charge in [0.05, 0.1) is 11.9 Å². The Morgan fingerprint density at radius 1 is 1.22 bits per heavy atom. The van der Waals surface area contributed by atoms with Gasteiger partial charge in [-0.2, -0.15) is 0 Å². The average molecular weight is 319 g/mol. The highest BCUT2D eigenvalue weighted by Crippen LogP contribution is 2.32. The number of hydrogen-bond donors (Lipinski definition) is 2. The highest BCUT2D eigenvalue weighted by atomic mass is 19.2. The van der Waals surface area contributed by atoms with Crippen LogP contribution in [0.5, 0.6) is 5.88 Å². The van der Waals surface area contributed by atoms with E-state index in [2.05, 4.69) is 10.3 Å². The summed E-state index contributed by atoms with van der Waals surface area (Å²) in [7, 11) is 0. The number of ether oxygens (including phenoxy) is 1. The largest absolute Gasteiger partial charge is 0.474 e. The van der Waals surface area contributed by atoms with Crippen molar-refractivity contribution in [2.45, 2.75) is 18.9 Å². The second kappa shape index (κ2) is 6.50. The SMILES string of the molecule is CC(Oc1ccc(N)cn1)C1CNCC1c1ccc(F)c(F)c1. The maximum Gasteiger partial charge on any atom is 0.213 e. The van der Waals surface area contributed by atoms with E-state index in [-0.39, 0.29) is 17.9 Å². The molecule has 1 aromatic heterocycles. The van der Waals surface area contributed by atoms with Gasteiger partial charge >= 0.3 is 0 Å². The molecule has 3 N–H and O–H groups in total. The molecule has 0 amide bonds. The topological polar surface area (TPSA) is 60.2 Å². The summed E-state index contributed by atoms with van der Waals surface area (Å²) >= 11 is 0. The van der Waals surface area contributed by atoms with Crippen LogP contribution in [0.25, 0.3) is 0 Å². The van der Waals surface area contributed by atoms with Crippen LogP contribution >= 0.6 is 0 Å². The Bertz CT molecular complexity index is 678. The van der Waals surface area contributed by atoms with Gasteiger partial charge < -0.3 is 15.8 Å². The van der Waals surface area contributed by atoms with E-state index >= 15 is 0 Å². The summed E-state index contributed by atoms with van der Waals surface area (Å²) in [5.74, 6) is -0.940. The van der Waals surface area contributed by atoms with Crippen LogP contribution in [0, 0.1) is 17.6 Å². The van der Waals surface area contributed by atoms with Crippen molar-refractivity contribution < 1.29 is 13.5 Å². The zero-order valence-electron chi connectivity index (χ0n) is 12.8. The van der Waals surface area contributed by atoms with Crippen LogP contribution < -0.4 is 15.8 Å². The molecule has 3 unspecified atom stereocenters. The molecule has 3 atom stereocenters. The standard InChI is InChI=1S/C17H19F2N3O/c1-10(23-17-5-3-12(20)7-22-17)13-8-21-9-14(13)11-2-4-15(18)16(19)6-11/h2-7,10,13-14,21H,8-9,20H2,1H3. The summed E-state index contributed by atoms with van der Waals surface area (Å²) in [6.45, 7) is 3.42. The lowest BCUT2D eigenvalue weighted by atomic mass is 9.85. The lowest BCUT2D eigenvalue weighted by Crippen LogP contribution is -2.29. The van der Waals surface area contributed by atoms with Gasteiger partial charge in [-0.15, -0.1) is 0 Å². The predicted octanol–water partition coefficient (Wildman–Crippen LogP) is 2.71. The number of pyridine rings is 1. The minimum Gasteiger partial charge on any atom is -0.474 e. The maximum atomic E-state index is 13.5. The first-order valence-electron chi connectivity index (χ1n) is 7.58. The minimum absolute atomic E-state index is 0.0638. The van der Waals surface area contributed by atoms with Gasteiger partial charge in [-0.1, -0.05) is 6.07 Å². The Labute approximate surface area is 133 Å². The fraction of sp³-hybridized carbons (Fsp3) is 0.353. The molecule has 0 radical (unpaired) electrons. The third-order valence-corrected chi connectivity index (χ3v) is 4.30. The predicted molar refractivity (Wildman–Crippen MR) is 84.2 cm³/mol. The van der Waals surface area contributed by atoms with Crippen LogP contribution in [0.2, 0.25) is 0 Å². The molecule has 6 heteroatoms. The van der Waals surface area contributed by atoms with Crippen molar-refractivity contribution >= 4 is 5.69 Å². The van der Waals surface area contributed by atoms with Crippen molar-refractivity contribution in [3.63, 3.8) is 0 Å². The number of nitrogens with one attached hydrogen (secondary N) is 1. The highest BCUT2D eigenvalue weighted by molar-refractivity contribution is 5.36. The number of anilines is 1. The lowest BCUT2D eigenvalue weighted by Gasteiger charge is -2.25. The number of hydrogen-bond acceptors (Lipinski definition) is 4. The van der Waals surface area contributed by atoms with E-state index in [0.29, 0.717) is 18.1 Å². The van der Waals surface area contributed by atoms with E-state index in [1.54, 1.807) is 24.4 Å². The molecule has 1 saturated heterocycles. The highest BCUT2D eigenvalue weighted by Gasteiger charge is 2.34. The van der Waals surface area contributed by atoms with E-state index in [4.69, 9.17) is 10.5 Å². The van der Waals surface area contributed by atoms with Crippen molar-refractivity contribution in [3.05, 3.63) is 53.7 Å². The summed E-state index contributed by atoms with van der Waals surface area (Å²) in [5.41, 5.74) is 6.96. The summed E-state index contributed by atoms with van der Waals surface area (Å²) in [4.78, 5) is 4.14. The molecule has 1 aliphatic heterocycles. The van der Waals surface area contributed by atoms with Gasteiger partial charge in [-0.05, 0) is 30.7 Å². The Morgan fingerprint density at radius 3 is 2.74 bits per heavy atom. The van der Waals surface area contributed by atoms with Crippen LogP contribution in [-0.2, 0) is 0 Å². The van der Waals surface area contributed by atoms with E-state index in [1.165, 1.54) is 12.1 Å². The Hall–Kier alpha value is -2.21. The first-order valence-corrected chi connectivity index (χ1v) is 7.58. The molecule has 1 fully saturated rings. The molecule has 0 bridgehead atoms.